The zero-order chi connectivity index (χ0) is 13.2. The van der Waals surface area contributed by atoms with E-state index in [1.807, 2.05) is 26.0 Å². The second-order valence-electron chi connectivity index (χ2n) is 4.52. The monoisotopic (exact) mass is 269 g/mol. The van der Waals surface area contributed by atoms with Gasteiger partial charge in [-0.25, -0.2) is 8.42 Å². The molecule has 1 aromatic rings. The number of sulfonamides is 1. The molecule has 0 amide bonds. The van der Waals surface area contributed by atoms with Gasteiger partial charge >= 0.3 is 0 Å². The molecule has 0 N–H and O–H groups in total. The van der Waals surface area contributed by atoms with Crippen molar-refractivity contribution < 1.29 is 13.2 Å². The van der Waals surface area contributed by atoms with Gasteiger partial charge in [0.1, 0.15) is 6.23 Å². The molecule has 1 aliphatic heterocycles. The van der Waals surface area contributed by atoms with Crippen molar-refractivity contribution >= 4 is 10.0 Å². The first-order chi connectivity index (χ1) is 8.55. The minimum atomic E-state index is -3.43. The standard InChI is InChI=1S/C13H19NO3S/c1-3-13-14(9-4-10-17-13)18(15,16)12-7-5-11(2)6-8-12/h5-8,13H,3-4,9-10H2,1-2H3. The summed E-state index contributed by atoms with van der Waals surface area (Å²) in [7, 11) is -3.43. The quantitative estimate of drug-likeness (QED) is 0.844. The van der Waals surface area contributed by atoms with Crippen LogP contribution in [0.25, 0.3) is 0 Å². The van der Waals surface area contributed by atoms with Crippen LogP contribution in [-0.4, -0.2) is 32.1 Å². The van der Waals surface area contributed by atoms with Crippen molar-refractivity contribution in [2.75, 3.05) is 13.2 Å². The molecule has 1 saturated heterocycles. The minimum Gasteiger partial charge on any atom is -0.362 e. The number of hydrogen-bond donors (Lipinski definition) is 0. The zero-order valence-corrected chi connectivity index (χ0v) is 11.6. The van der Waals surface area contributed by atoms with Gasteiger partial charge in [-0.3, -0.25) is 0 Å². The Morgan fingerprint density at radius 1 is 1.33 bits per heavy atom. The van der Waals surface area contributed by atoms with E-state index >= 15 is 0 Å². The van der Waals surface area contributed by atoms with Gasteiger partial charge in [0, 0.05) is 13.2 Å². The molecule has 0 aromatic heterocycles. The Kier molecular flexibility index (Phi) is 4.04. The molecule has 1 heterocycles. The van der Waals surface area contributed by atoms with Crippen LogP contribution in [0, 0.1) is 6.92 Å². The highest BCUT2D eigenvalue weighted by Gasteiger charge is 2.33. The summed E-state index contributed by atoms with van der Waals surface area (Å²) in [6.45, 7) is 5.05. The van der Waals surface area contributed by atoms with Crippen molar-refractivity contribution in [2.45, 2.75) is 37.8 Å². The van der Waals surface area contributed by atoms with E-state index in [1.54, 1.807) is 12.1 Å². The van der Waals surface area contributed by atoms with E-state index in [1.165, 1.54) is 4.31 Å². The first-order valence-electron chi connectivity index (χ1n) is 6.26. The summed E-state index contributed by atoms with van der Waals surface area (Å²) in [5, 5.41) is 0. The Labute approximate surface area is 109 Å². The van der Waals surface area contributed by atoms with E-state index in [4.69, 9.17) is 4.74 Å². The second kappa shape index (κ2) is 5.38. The molecule has 0 bridgehead atoms. The maximum atomic E-state index is 12.5. The van der Waals surface area contributed by atoms with Gasteiger partial charge in [0.25, 0.3) is 0 Å². The van der Waals surface area contributed by atoms with Crippen molar-refractivity contribution in [1.29, 1.82) is 0 Å². The molecular formula is C13H19NO3S. The fourth-order valence-corrected chi connectivity index (χ4v) is 3.75. The van der Waals surface area contributed by atoms with E-state index in [0.717, 1.165) is 12.0 Å². The van der Waals surface area contributed by atoms with Gasteiger partial charge in [-0.15, -0.1) is 0 Å². The molecule has 0 saturated carbocycles. The predicted molar refractivity (Wildman–Crippen MR) is 69.7 cm³/mol. The molecule has 1 atom stereocenters. The highest BCUT2D eigenvalue weighted by Crippen LogP contribution is 2.23. The van der Waals surface area contributed by atoms with Crippen molar-refractivity contribution in [2.24, 2.45) is 0 Å². The molecule has 18 heavy (non-hydrogen) atoms. The molecule has 0 radical (unpaired) electrons. The predicted octanol–water partition coefficient (Wildman–Crippen LogP) is 2.14. The number of hydrogen-bond acceptors (Lipinski definition) is 3. The number of rotatable bonds is 3. The first-order valence-corrected chi connectivity index (χ1v) is 7.70. The summed E-state index contributed by atoms with van der Waals surface area (Å²) in [6, 6.07) is 6.95. The molecule has 1 aliphatic rings. The molecule has 4 nitrogen and oxygen atoms in total. The van der Waals surface area contributed by atoms with E-state index in [9.17, 15) is 8.42 Å². The average Bonchev–Trinajstić information content (AvgIpc) is 2.39. The van der Waals surface area contributed by atoms with E-state index in [-0.39, 0.29) is 6.23 Å². The lowest BCUT2D eigenvalue weighted by Gasteiger charge is -2.33. The average molecular weight is 269 g/mol. The summed E-state index contributed by atoms with van der Waals surface area (Å²) in [6.07, 6.45) is 1.09. The maximum absolute atomic E-state index is 12.5. The number of ether oxygens (including phenoxy) is 1. The Bertz CT molecular complexity index is 495. The van der Waals surface area contributed by atoms with Crippen molar-refractivity contribution in [3.05, 3.63) is 29.8 Å². The molecule has 1 fully saturated rings. The molecule has 5 heteroatoms. The van der Waals surface area contributed by atoms with Crippen LogP contribution >= 0.6 is 0 Å². The van der Waals surface area contributed by atoms with Crippen LogP contribution < -0.4 is 0 Å². The molecule has 2 rings (SSSR count). The lowest BCUT2D eigenvalue weighted by molar-refractivity contribution is -0.0549. The second-order valence-corrected chi connectivity index (χ2v) is 6.41. The first kappa shape index (κ1) is 13.5. The third-order valence-corrected chi connectivity index (χ3v) is 5.03. The third kappa shape index (κ3) is 2.58. The summed E-state index contributed by atoms with van der Waals surface area (Å²) in [5.74, 6) is 0. The highest BCUT2D eigenvalue weighted by molar-refractivity contribution is 7.89. The highest BCUT2D eigenvalue weighted by atomic mass is 32.2. The van der Waals surface area contributed by atoms with Crippen LogP contribution in [-0.2, 0) is 14.8 Å². The summed E-state index contributed by atoms with van der Waals surface area (Å²) >= 11 is 0. The Morgan fingerprint density at radius 3 is 2.61 bits per heavy atom. The Hall–Kier alpha value is -0.910. The lowest BCUT2D eigenvalue weighted by atomic mass is 10.2. The van der Waals surface area contributed by atoms with Gasteiger partial charge in [-0.1, -0.05) is 24.6 Å². The maximum Gasteiger partial charge on any atom is 0.245 e. The molecular weight excluding hydrogens is 250 g/mol. The fraction of sp³-hybridized carbons (Fsp3) is 0.538. The number of aryl methyl sites for hydroxylation is 1. The topological polar surface area (TPSA) is 46.6 Å². The van der Waals surface area contributed by atoms with Crippen LogP contribution in [0.2, 0.25) is 0 Å². The van der Waals surface area contributed by atoms with Crippen LogP contribution in [0.3, 0.4) is 0 Å². The van der Waals surface area contributed by atoms with Gasteiger partial charge in [0.05, 0.1) is 4.90 Å². The SMILES string of the molecule is CCC1OCCCN1S(=O)(=O)c1ccc(C)cc1. The van der Waals surface area contributed by atoms with Gasteiger partial charge in [-0.05, 0) is 31.9 Å². The minimum absolute atomic E-state index is 0.329. The van der Waals surface area contributed by atoms with Gasteiger partial charge < -0.3 is 4.74 Å². The Morgan fingerprint density at radius 2 is 2.00 bits per heavy atom. The van der Waals surface area contributed by atoms with Gasteiger partial charge in [0.15, 0.2) is 0 Å². The Balaban J connectivity index is 2.32. The van der Waals surface area contributed by atoms with Crippen LogP contribution in [0.15, 0.2) is 29.2 Å². The van der Waals surface area contributed by atoms with E-state index in [0.29, 0.717) is 24.5 Å². The summed E-state index contributed by atoms with van der Waals surface area (Å²) in [5.41, 5.74) is 1.05. The number of nitrogens with zero attached hydrogens (tertiary/aromatic N) is 1. The number of benzene rings is 1. The molecule has 1 unspecified atom stereocenters. The molecule has 0 spiro atoms. The van der Waals surface area contributed by atoms with Crippen molar-refractivity contribution in [3.8, 4) is 0 Å². The smallest absolute Gasteiger partial charge is 0.245 e. The normalized spacial score (nSPS) is 22.0. The van der Waals surface area contributed by atoms with Crippen LogP contribution in [0.5, 0.6) is 0 Å². The van der Waals surface area contributed by atoms with Crippen molar-refractivity contribution in [1.82, 2.24) is 4.31 Å². The summed E-state index contributed by atoms with van der Waals surface area (Å²) in [4.78, 5) is 0.344. The summed E-state index contributed by atoms with van der Waals surface area (Å²) < 4.78 is 32.0. The lowest BCUT2D eigenvalue weighted by Crippen LogP contribution is -2.45. The molecule has 1 aromatic carbocycles. The van der Waals surface area contributed by atoms with Gasteiger partial charge in [-0.2, -0.15) is 4.31 Å². The van der Waals surface area contributed by atoms with Crippen LogP contribution in [0.4, 0.5) is 0 Å². The molecule has 0 aliphatic carbocycles. The third-order valence-electron chi connectivity index (χ3n) is 3.13. The van der Waals surface area contributed by atoms with E-state index < -0.39 is 10.0 Å². The van der Waals surface area contributed by atoms with Crippen molar-refractivity contribution in [3.63, 3.8) is 0 Å². The van der Waals surface area contributed by atoms with E-state index in [2.05, 4.69) is 0 Å². The van der Waals surface area contributed by atoms with Gasteiger partial charge in [0.2, 0.25) is 10.0 Å². The largest absolute Gasteiger partial charge is 0.362 e. The fourth-order valence-electron chi connectivity index (χ4n) is 2.11. The zero-order valence-electron chi connectivity index (χ0n) is 10.8. The van der Waals surface area contributed by atoms with Crippen LogP contribution in [0.1, 0.15) is 25.3 Å². The molecule has 100 valence electrons.